The van der Waals surface area contributed by atoms with Crippen molar-refractivity contribution in [3.63, 3.8) is 0 Å². The van der Waals surface area contributed by atoms with Crippen molar-refractivity contribution < 1.29 is 0 Å². The van der Waals surface area contributed by atoms with Crippen molar-refractivity contribution in [2.24, 2.45) is 0 Å². The molecule has 5 heteroatoms. The molecule has 0 N–H and O–H groups in total. The summed E-state index contributed by atoms with van der Waals surface area (Å²) < 4.78 is 2.88. The normalized spacial score (nSPS) is 11.3. The number of hydrogen-bond donors (Lipinski definition) is 0. The molecule has 0 aliphatic carbocycles. The van der Waals surface area contributed by atoms with Crippen LogP contribution in [0.2, 0.25) is 5.15 Å². The lowest BCUT2D eigenvalue weighted by Gasteiger charge is -1.95. The van der Waals surface area contributed by atoms with E-state index >= 15 is 0 Å². The predicted octanol–water partition coefficient (Wildman–Crippen LogP) is 4.01. The Morgan fingerprint density at radius 3 is 2.78 bits per heavy atom. The molecule has 0 unspecified atom stereocenters. The minimum atomic E-state index is 0.658. The highest BCUT2D eigenvalue weighted by Gasteiger charge is 2.15. The number of hydrogen-bond acceptors (Lipinski definition) is 3. The third-order valence-electron chi connectivity index (χ3n) is 2.95. The van der Waals surface area contributed by atoms with Crippen molar-refractivity contribution in [3.8, 4) is 5.13 Å². The van der Waals surface area contributed by atoms with E-state index in [2.05, 4.69) is 23.1 Å². The first-order valence-electron chi connectivity index (χ1n) is 5.80. The second-order valence-corrected chi connectivity index (χ2v) is 5.46. The fourth-order valence-corrected chi connectivity index (χ4v) is 3.13. The molecule has 1 aromatic carbocycles. The Kier molecular flexibility index (Phi) is 2.84. The van der Waals surface area contributed by atoms with Gasteiger partial charge in [-0.05, 0) is 25.5 Å². The van der Waals surface area contributed by atoms with Gasteiger partial charge in [0.15, 0.2) is 0 Å². The molecule has 0 saturated heterocycles. The monoisotopic (exact) mass is 277 g/mol. The summed E-state index contributed by atoms with van der Waals surface area (Å²) in [7, 11) is 0. The highest BCUT2D eigenvalue weighted by Crippen LogP contribution is 2.29. The molecule has 0 saturated carbocycles. The van der Waals surface area contributed by atoms with Crippen LogP contribution in [0.3, 0.4) is 0 Å². The van der Waals surface area contributed by atoms with Crippen LogP contribution in [0.25, 0.3) is 15.3 Å². The van der Waals surface area contributed by atoms with Crippen LogP contribution in [0, 0.1) is 6.92 Å². The Morgan fingerprint density at radius 2 is 2.11 bits per heavy atom. The van der Waals surface area contributed by atoms with E-state index < -0.39 is 0 Å². The lowest BCUT2D eigenvalue weighted by Crippen LogP contribution is -1.96. The van der Waals surface area contributed by atoms with E-state index in [-0.39, 0.29) is 0 Å². The van der Waals surface area contributed by atoms with Gasteiger partial charge in [-0.3, -0.25) is 0 Å². The number of nitrogens with zero attached hydrogens (tertiary/aromatic N) is 3. The Morgan fingerprint density at radius 1 is 1.33 bits per heavy atom. The van der Waals surface area contributed by atoms with Crippen LogP contribution in [0.15, 0.2) is 24.3 Å². The van der Waals surface area contributed by atoms with Gasteiger partial charge in [0.2, 0.25) is 5.13 Å². The molecule has 0 atom stereocenters. The number of thiazole rings is 1. The van der Waals surface area contributed by atoms with Gasteiger partial charge < -0.3 is 0 Å². The molecule has 0 fully saturated rings. The van der Waals surface area contributed by atoms with E-state index in [0.29, 0.717) is 5.15 Å². The van der Waals surface area contributed by atoms with Crippen LogP contribution in [-0.4, -0.2) is 14.8 Å². The molecule has 3 aromatic rings. The fraction of sp³-hybridized carbons (Fsp3) is 0.231. The third-order valence-corrected chi connectivity index (χ3v) is 4.40. The van der Waals surface area contributed by atoms with E-state index in [1.54, 1.807) is 16.0 Å². The summed E-state index contributed by atoms with van der Waals surface area (Å²) in [5, 5.41) is 6.01. The Balaban J connectivity index is 2.19. The fourth-order valence-electron chi connectivity index (χ4n) is 1.93. The molecule has 3 nitrogen and oxygen atoms in total. The van der Waals surface area contributed by atoms with Crippen molar-refractivity contribution in [2.45, 2.75) is 20.3 Å². The highest BCUT2D eigenvalue weighted by atomic mass is 35.5. The average Bonchev–Trinajstić information content (AvgIpc) is 2.92. The molecule has 0 amide bonds. The summed E-state index contributed by atoms with van der Waals surface area (Å²) in [6.07, 6.45) is 0.878. The van der Waals surface area contributed by atoms with Gasteiger partial charge in [0.05, 0.1) is 15.9 Å². The summed E-state index contributed by atoms with van der Waals surface area (Å²) in [6.45, 7) is 4.08. The summed E-state index contributed by atoms with van der Waals surface area (Å²) in [4.78, 5) is 4.57. The minimum Gasteiger partial charge on any atom is -0.218 e. The first-order valence-corrected chi connectivity index (χ1v) is 7.00. The minimum absolute atomic E-state index is 0.658. The number of para-hydroxylation sites is 1. The smallest absolute Gasteiger partial charge is 0.212 e. The van der Waals surface area contributed by atoms with Crippen molar-refractivity contribution in [1.82, 2.24) is 14.8 Å². The summed E-state index contributed by atoms with van der Waals surface area (Å²) in [5.74, 6) is 0. The van der Waals surface area contributed by atoms with Crippen LogP contribution in [0.5, 0.6) is 0 Å². The lowest BCUT2D eigenvalue weighted by atomic mass is 10.2. The number of fused-ring (bicyclic) bond motifs is 1. The summed E-state index contributed by atoms with van der Waals surface area (Å²) in [6, 6.07) is 8.05. The van der Waals surface area contributed by atoms with Gasteiger partial charge in [-0.15, -0.1) is 0 Å². The number of halogens is 1. The van der Waals surface area contributed by atoms with Crippen molar-refractivity contribution in [3.05, 3.63) is 40.7 Å². The maximum absolute atomic E-state index is 6.32. The van der Waals surface area contributed by atoms with Crippen molar-refractivity contribution in [2.75, 3.05) is 0 Å². The van der Waals surface area contributed by atoms with Gasteiger partial charge in [0, 0.05) is 5.56 Å². The van der Waals surface area contributed by atoms with Crippen LogP contribution < -0.4 is 0 Å². The lowest BCUT2D eigenvalue weighted by molar-refractivity contribution is 0.836. The van der Waals surface area contributed by atoms with Gasteiger partial charge in [-0.2, -0.15) is 9.78 Å². The summed E-state index contributed by atoms with van der Waals surface area (Å²) >= 11 is 7.92. The first kappa shape index (κ1) is 11.7. The van der Waals surface area contributed by atoms with Crippen LogP contribution >= 0.6 is 22.9 Å². The second kappa shape index (κ2) is 4.37. The van der Waals surface area contributed by atoms with Gasteiger partial charge >= 0.3 is 0 Å². The number of aromatic nitrogens is 3. The van der Waals surface area contributed by atoms with E-state index in [1.165, 1.54) is 0 Å². The van der Waals surface area contributed by atoms with E-state index in [9.17, 15) is 0 Å². The Bertz CT molecular complexity index is 681. The molecule has 2 heterocycles. The molecule has 0 aliphatic heterocycles. The molecule has 0 radical (unpaired) electrons. The van der Waals surface area contributed by atoms with Gasteiger partial charge in [-0.25, -0.2) is 4.98 Å². The molecule has 0 bridgehead atoms. The molecular formula is C13H12ClN3S. The van der Waals surface area contributed by atoms with Crippen molar-refractivity contribution in [1.29, 1.82) is 0 Å². The molecule has 0 spiro atoms. The van der Waals surface area contributed by atoms with E-state index in [0.717, 1.165) is 33.0 Å². The van der Waals surface area contributed by atoms with Gasteiger partial charge in [-0.1, -0.05) is 42.0 Å². The number of rotatable bonds is 2. The quantitative estimate of drug-likeness (QED) is 0.709. The van der Waals surface area contributed by atoms with Crippen LogP contribution in [0.1, 0.15) is 18.2 Å². The Hall–Kier alpha value is -1.39. The zero-order valence-electron chi connectivity index (χ0n) is 10.1. The number of aryl methyl sites for hydroxylation is 1. The maximum Gasteiger partial charge on any atom is 0.212 e. The molecule has 18 heavy (non-hydrogen) atoms. The van der Waals surface area contributed by atoms with Gasteiger partial charge in [0.25, 0.3) is 0 Å². The predicted molar refractivity (Wildman–Crippen MR) is 75.9 cm³/mol. The molecule has 92 valence electrons. The maximum atomic E-state index is 6.32. The summed E-state index contributed by atoms with van der Waals surface area (Å²) in [5.41, 5.74) is 3.05. The Labute approximate surface area is 114 Å². The largest absolute Gasteiger partial charge is 0.218 e. The first-order chi connectivity index (χ1) is 8.70. The van der Waals surface area contributed by atoms with E-state index in [4.69, 9.17) is 11.6 Å². The SMILES string of the molecule is CCc1nn(-c2nc3ccccc3s2)c(Cl)c1C. The van der Waals surface area contributed by atoms with Crippen molar-refractivity contribution >= 4 is 33.2 Å². The van der Waals surface area contributed by atoms with Gasteiger partial charge in [0.1, 0.15) is 5.15 Å². The number of benzene rings is 1. The van der Waals surface area contributed by atoms with Crippen LogP contribution in [0.4, 0.5) is 0 Å². The standard InChI is InChI=1S/C13H12ClN3S/c1-3-9-8(2)12(14)17(16-9)13-15-10-6-4-5-7-11(10)18-13/h4-7H,3H2,1-2H3. The van der Waals surface area contributed by atoms with E-state index in [1.807, 2.05) is 25.1 Å². The molecule has 0 aliphatic rings. The molecule has 2 aromatic heterocycles. The zero-order chi connectivity index (χ0) is 12.7. The molecule has 3 rings (SSSR count). The second-order valence-electron chi connectivity index (χ2n) is 4.09. The topological polar surface area (TPSA) is 30.7 Å². The third kappa shape index (κ3) is 1.72. The average molecular weight is 278 g/mol. The molecular weight excluding hydrogens is 266 g/mol. The highest BCUT2D eigenvalue weighted by molar-refractivity contribution is 7.20. The van der Waals surface area contributed by atoms with Crippen LogP contribution in [-0.2, 0) is 6.42 Å². The zero-order valence-corrected chi connectivity index (χ0v) is 11.7.